The molecule has 0 aliphatic carbocycles. The van der Waals surface area contributed by atoms with E-state index in [9.17, 15) is 9.59 Å². The summed E-state index contributed by atoms with van der Waals surface area (Å²) in [7, 11) is 0. The van der Waals surface area contributed by atoms with Crippen LogP contribution in [-0.4, -0.2) is 59.7 Å². The number of hydrogen-bond acceptors (Lipinski definition) is 6. The number of carbonyl (C=O) groups is 2. The van der Waals surface area contributed by atoms with Crippen LogP contribution in [0.15, 0.2) is 24.3 Å². The van der Waals surface area contributed by atoms with Gasteiger partial charge < -0.3 is 19.9 Å². The molecule has 1 aromatic carbocycles. The summed E-state index contributed by atoms with van der Waals surface area (Å²) in [6.45, 7) is 10.2. The molecule has 0 saturated carbocycles. The van der Waals surface area contributed by atoms with Crippen molar-refractivity contribution in [1.82, 2.24) is 14.9 Å². The second-order valence-corrected chi connectivity index (χ2v) is 7.20. The second kappa shape index (κ2) is 8.89. The largest absolute Gasteiger partial charge is 0.450 e. The standard InChI is InChI=1S/C21H27N5O3/c1-5-29-21(28)26-8-6-25(7-9-26)20-22-16(4)13-18(24-20)19(27)23-17-11-14(2)10-15(3)12-17/h10-13H,5-9H2,1-4H3,(H,23,27). The van der Waals surface area contributed by atoms with Gasteiger partial charge in [0.2, 0.25) is 5.95 Å². The van der Waals surface area contributed by atoms with Crippen LogP contribution in [0.5, 0.6) is 0 Å². The van der Waals surface area contributed by atoms with Crippen LogP contribution in [0.1, 0.15) is 34.2 Å². The molecule has 8 heteroatoms. The molecule has 2 aromatic rings. The van der Waals surface area contributed by atoms with Crippen LogP contribution >= 0.6 is 0 Å². The van der Waals surface area contributed by atoms with Gasteiger partial charge in [-0.2, -0.15) is 0 Å². The highest BCUT2D eigenvalue weighted by Gasteiger charge is 2.24. The van der Waals surface area contributed by atoms with Gasteiger partial charge >= 0.3 is 6.09 Å². The van der Waals surface area contributed by atoms with E-state index in [1.165, 1.54) is 0 Å². The predicted octanol–water partition coefficient (Wildman–Crippen LogP) is 2.93. The Morgan fingerprint density at radius 3 is 2.28 bits per heavy atom. The highest BCUT2D eigenvalue weighted by Crippen LogP contribution is 2.17. The number of rotatable bonds is 4. The van der Waals surface area contributed by atoms with E-state index >= 15 is 0 Å². The number of amides is 2. The Labute approximate surface area is 170 Å². The first kappa shape index (κ1) is 20.6. The van der Waals surface area contributed by atoms with E-state index in [-0.39, 0.29) is 12.0 Å². The summed E-state index contributed by atoms with van der Waals surface area (Å²) in [6.07, 6.45) is -0.300. The van der Waals surface area contributed by atoms with E-state index in [4.69, 9.17) is 4.74 Å². The lowest BCUT2D eigenvalue weighted by Crippen LogP contribution is -2.49. The minimum absolute atomic E-state index is 0.271. The number of anilines is 2. The molecule has 0 radical (unpaired) electrons. The third-order valence-electron chi connectivity index (χ3n) is 4.64. The molecule has 2 heterocycles. The third-order valence-corrected chi connectivity index (χ3v) is 4.64. The van der Waals surface area contributed by atoms with Crippen LogP contribution in [0.4, 0.5) is 16.4 Å². The summed E-state index contributed by atoms with van der Waals surface area (Å²) >= 11 is 0. The second-order valence-electron chi connectivity index (χ2n) is 7.20. The third kappa shape index (κ3) is 5.22. The number of benzene rings is 1. The number of nitrogens with zero attached hydrogens (tertiary/aromatic N) is 4. The first-order chi connectivity index (χ1) is 13.9. The van der Waals surface area contributed by atoms with Crippen LogP contribution in [-0.2, 0) is 4.74 Å². The van der Waals surface area contributed by atoms with Crippen LogP contribution in [0.2, 0.25) is 0 Å². The van der Waals surface area contributed by atoms with Gasteiger partial charge in [0.25, 0.3) is 5.91 Å². The maximum absolute atomic E-state index is 12.7. The van der Waals surface area contributed by atoms with Gasteiger partial charge in [-0.1, -0.05) is 6.07 Å². The van der Waals surface area contributed by atoms with E-state index in [1.54, 1.807) is 17.9 Å². The molecule has 3 rings (SSSR count). The number of piperazine rings is 1. The van der Waals surface area contributed by atoms with Crippen molar-refractivity contribution in [3.63, 3.8) is 0 Å². The Balaban J connectivity index is 1.71. The summed E-state index contributed by atoms with van der Waals surface area (Å²) in [5.74, 6) is 0.228. The lowest BCUT2D eigenvalue weighted by molar-refractivity contribution is 0.102. The maximum Gasteiger partial charge on any atom is 0.409 e. The van der Waals surface area contributed by atoms with Crippen molar-refractivity contribution in [3.8, 4) is 0 Å². The topological polar surface area (TPSA) is 87.7 Å². The fourth-order valence-corrected chi connectivity index (χ4v) is 3.36. The van der Waals surface area contributed by atoms with Gasteiger partial charge in [-0.3, -0.25) is 4.79 Å². The first-order valence-electron chi connectivity index (χ1n) is 9.77. The Kier molecular flexibility index (Phi) is 6.31. The highest BCUT2D eigenvalue weighted by atomic mass is 16.6. The normalized spacial score (nSPS) is 13.9. The Bertz CT molecular complexity index is 887. The molecule has 0 spiro atoms. The van der Waals surface area contributed by atoms with E-state index in [2.05, 4.69) is 21.4 Å². The fourth-order valence-electron chi connectivity index (χ4n) is 3.36. The summed E-state index contributed by atoms with van der Waals surface area (Å²) < 4.78 is 5.05. The van der Waals surface area contributed by atoms with Crippen molar-refractivity contribution < 1.29 is 14.3 Å². The average molecular weight is 397 g/mol. The molecule has 154 valence electrons. The minimum Gasteiger partial charge on any atom is -0.450 e. The molecule has 1 fully saturated rings. The summed E-state index contributed by atoms with van der Waals surface area (Å²) in [5, 5.41) is 2.92. The van der Waals surface area contributed by atoms with Crippen molar-refractivity contribution >= 4 is 23.6 Å². The quantitative estimate of drug-likeness (QED) is 0.853. The lowest BCUT2D eigenvalue weighted by atomic mass is 10.1. The minimum atomic E-state index is -0.300. The van der Waals surface area contributed by atoms with Crippen molar-refractivity contribution in [2.75, 3.05) is 43.0 Å². The summed E-state index contributed by atoms with van der Waals surface area (Å²) in [5.41, 5.74) is 3.94. The fraction of sp³-hybridized carbons (Fsp3) is 0.429. The molecule has 29 heavy (non-hydrogen) atoms. The van der Waals surface area contributed by atoms with E-state index in [0.717, 1.165) is 16.8 Å². The number of aryl methyl sites for hydroxylation is 3. The number of ether oxygens (including phenoxy) is 1. The number of nitrogens with one attached hydrogen (secondary N) is 1. The number of aromatic nitrogens is 2. The molecular formula is C21H27N5O3. The number of hydrogen-bond donors (Lipinski definition) is 1. The zero-order valence-corrected chi connectivity index (χ0v) is 17.4. The smallest absolute Gasteiger partial charge is 0.409 e. The Hall–Kier alpha value is -3.16. The SMILES string of the molecule is CCOC(=O)N1CCN(c2nc(C)cc(C(=O)Nc3cc(C)cc(C)c3)n2)CC1. The molecule has 1 aliphatic heterocycles. The molecule has 0 atom stereocenters. The van der Waals surface area contributed by atoms with E-state index in [1.807, 2.05) is 37.8 Å². The van der Waals surface area contributed by atoms with Gasteiger partial charge in [-0.25, -0.2) is 14.8 Å². The Morgan fingerprint density at radius 2 is 1.66 bits per heavy atom. The molecular weight excluding hydrogens is 370 g/mol. The van der Waals surface area contributed by atoms with Gasteiger partial charge in [-0.15, -0.1) is 0 Å². The summed E-state index contributed by atoms with van der Waals surface area (Å²) in [6, 6.07) is 7.58. The molecule has 8 nitrogen and oxygen atoms in total. The monoisotopic (exact) mass is 397 g/mol. The van der Waals surface area contributed by atoms with Gasteiger partial charge in [0.05, 0.1) is 6.61 Å². The van der Waals surface area contributed by atoms with Crippen molar-refractivity contribution in [1.29, 1.82) is 0 Å². The van der Waals surface area contributed by atoms with Crippen LogP contribution in [0, 0.1) is 20.8 Å². The molecule has 1 saturated heterocycles. The summed E-state index contributed by atoms with van der Waals surface area (Å²) in [4.78, 5) is 37.2. The van der Waals surface area contributed by atoms with Crippen LogP contribution < -0.4 is 10.2 Å². The zero-order valence-electron chi connectivity index (χ0n) is 17.4. The van der Waals surface area contributed by atoms with Crippen molar-refractivity contribution in [2.24, 2.45) is 0 Å². The molecule has 0 bridgehead atoms. The maximum atomic E-state index is 12.7. The zero-order chi connectivity index (χ0) is 21.0. The molecule has 1 N–H and O–H groups in total. The van der Waals surface area contributed by atoms with E-state index in [0.29, 0.717) is 50.1 Å². The van der Waals surface area contributed by atoms with Crippen molar-refractivity contribution in [3.05, 3.63) is 46.8 Å². The van der Waals surface area contributed by atoms with E-state index < -0.39 is 0 Å². The van der Waals surface area contributed by atoms with Gasteiger partial charge in [0, 0.05) is 37.6 Å². The molecule has 1 aromatic heterocycles. The van der Waals surface area contributed by atoms with Crippen molar-refractivity contribution in [2.45, 2.75) is 27.7 Å². The van der Waals surface area contributed by atoms with Gasteiger partial charge in [-0.05, 0) is 57.0 Å². The predicted molar refractivity (Wildman–Crippen MR) is 111 cm³/mol. The molecule has 1 aliphatic rings. The molecule has 2 amide bonds. The molecule has 0 unspecified atom stereocenters. The highest BCUT2D eigenvalue weighted by molar-refractivity contribution is 6.03. The number of carbonyl (C=O) groups excluding carboxylic acids is 2. The average Bonchev–Trinajstić information content (AvgIpc) is 2.67. The lowest BCUT2D eigenvalue weighted by Gasteiger charge is -2.34. The van der Waals surface area contributed by atoms with Gasteiger partial charge in [0.1, 0.15) is 5.69 Å². The van der Waals surface area contributed by atoms with Gasteiger partial charge in [0.15, 0.2) is 0 Å². The first-order valence-corrected chi connectivity index (χ1v) is 9.77. The Morgan fingerprint density at radius 1 is 1.00 bits per heavy atom. The van der Waals surface area contributed by atoms with Crippen LogP contribution in [0.25, 0.3) is 0 Å². The van der Waals surface area contributed by atoms with Crippen LogP contribution in [0.3, 0.4) is 0 Å².